The Labute approximate surface area is 118 Å². The van der Waals surface area contributed by atoms with Gasteiger partial charge in [0.15, 0.2) is 6.61 Å². The SMILES string of the molecule is COCC(C)NC(=O)COC(=O)Cc1ccc(N)cc1. The van der Waals surface area contributed by atoms with Gasteiger partial charge in [-0.15, -0.1) is 0 Å². The molecule has 0 aliphatic rings. The van der Waals surface area contributed by atoms with Crippen molar-refractivity contribution in [2.75, 3.05) is 26.1 Å². The summed E-state index contributed by atoms with van der Waals surface area (Å²) in [5, 5.41) is 2.65. The molecular weight excluding hydrogens is 260 g/mol. The van der Waals surface area contributed by atoms with Crippen LogP contribution in [0.3, 0.4) is 0 Å². The lowest BCUT2D eigenvalue weighted by molar-refractivity contribution is -0.148. The predicted octanol–water partition coefficient (Wildman–Crippen LogP) is 0.506. The number of methoxy groups -OCH3 is 1. The minimum atomic E-state index is -0.454. The number of carbonyl (C=O) groups excluding carboxylic acids is 2. The maximum Gasteiger partial charge on any atom is 0.310 e. The van der Waals surface area contributed by atoms with E-state index in [9.17, 15) is 9.59 Å². The molecule has 6 heteroatoms. The lowest BCUT2D eigenvalue weighted by Gasteiger charge is -2.12. The van der Waals surface area contributed by atoms with Crippen molar-refractivity contribution in [3.8, 4) is 0 Å². The van der Waals surface area contributed by atoms with Crippen LogP contribution in [0.5, 0.6) is 0 Å². The molecule has 1 unspecified atom stereocenters. The molecule has 20 heavy (non-hydrogen) atoms. The molecule has 0 radical (unpaired) electrons. The van der Waals surface area contributed by atoms with Gasteiger partial charge in [-0.1, -0.05) is 12.1 Å². The van der Waals surface area contributed by atoms with Crippen molar-refractivity contribution in [2.45, 2.75) is 19.4 Å². The number of ether oxygens (including phenoxy) is 2. The first-order chi connectivity index (χ1) is 9.51. The molecule has 0 saturated heterocycles. The number of carbonyl (C=O) groups is 2. The Morgan fingerprint density at radius 3 is 2.55 bits per heavy atom. The van der Waals surface area contributed by atoms with Crippen molar-refractivity contribution in [3.05, 3.63) is 29.8 Å². The van der Waals surface area contributed by atoms with Crippen LogP contribution in [0.2, 0.25) is 0 Å². The highest BCUT2D eigenvalue weighted by molar-refractivity contribution is 5.81. The Hall–Kier alpha value is -2.08. The molecular formula is C14H20N2O4. The summed E-state index contributed by atoms with van der Waals surface area (Å²) in [6, 6.07) is 6.79. The van der Waals surface area contributed by atoms with Crippen molar-refractivity contribution in [2.24, 2.45) is 0 Å². The number of hydrogen-bond acceptors (Lipinski definition) is 5. The maximum atomic E-state index is 11.6. The lowest BCUT2D eigenvalue weighted by atomic mass is 10.1. The highest BCUT2D eigenvalue weighted by atomic mass is 16.5. The second-order valence-corrected chi connectivity index (χ2v) is 4.50. The molecule has 0 fully saturated rings. The number of nitrogen functional groups attached to an aromatic ring is 1. The number of esters is 1. The van der Waals surface area contributed by atoms with Crippen LogP contribution in [0.4, 0.5) is 5.69 Å². The molecule has 110 valence electrons. The minimum Gasteiger partial charge on any atom is -0.455 e. The van der Waals surface area contributed by atoms with Gasteiger partial charge in [0.1, 0.15) is 0 Å². The van der Waals surface area contributed by atoms with Crippen LogP contribution in [0.15, 0.2) is 24.3 Å². The molecule has 0 heterocycles. The van der Waals surface area contributed by atoms with Crippen LogP contribution in [0.1, 0.15) is 12.5 Å². The van der Waals surface area contributed by atoms with E-state index in [2.05, 4.69) is 5.32 Å². The van der Waals surface area contributed by atoms with Gasteiger partial charge in [-0.3, -0.25) is 9.59 Å². The standard InChI is InChI=1S/C14H20N2O4/c1-10(8-19-2)16-13(17)9-20-14(18)7-11-3-5-12(15)6-4-11/h3-6,10H,7-9,15H2,1-2H3,(H,16,17). The monoisotopic (exact) mass is 280 g/mol. The Balaban J connectivity index is 2.29. The molecule has 1 rings (SSSR count). The number of amides is 1. The van der Waals surface area contributed by atoms with Crippen LogP contribution in [-0.4, -0.2) is 38.2 Å². The fourth-order valence-electron chi connectivity index (χ4n) is 1.61. The molecule has 1 amide bonds. The summed E-state index contributed by atoms with van der Waals surface area (Å²) in [6.07, 6.45) is 0.112. The number of rotatable bonds is 7. The van der Waals surface area contributed by atoms with Crippen molar-refractivity contribution < 1.29 is 19.1 Å². The topological polar surface area (TPSA) is 90.6 Å². The Kier molecular flexibility index (Phi) is 6.52. The van der Waals surface area contributed by atoms with Crippen LogP contribution in [-0.2, 0) is 25.5 Å². The molecule has 3 N–H and O–H groups in total. The van der Waals surface area contributed by atoms with Gasteiger partial charge in [0, 0.05) is 18.8 Å². The van der Waals surface area contributed by atoms with Gasteiger partial charge in [-0.25, -0.2) is 0 Å². The third kappa shape index (κ3) is 6.19. The third-order valence-electron chi connectivity index (χ3n) is 2.52. The van der Waals surface area contributed by atoms with E-state index in [1.807, 2.05) is 0 Å². The highest BCUT2D eigenvalue weighted by Gasteiger charge is 2.10. The zero-order valence-corrected chi connectivity index (χ0v) is 11.7. The largest absolute Gasteiger partial charge is 0.455 e. The minimum absolute atomic E-state index is 0.112. The molecule has 0 aromatic heterocycles. The molecule has 0 bridgehead atoms. The Bertz CT molecular complexity index is 445. The Morgan fingerprint density at radius 1 is 1.30 bits per heavy atom. The molecule has 1 aromatic rings. The van der Waals surface area contributed by atoms with E-state index < -0.39 is 5.97 Å². The van der Waals surface area contributed by atoms with E-state index in [1.165, 1.54) is 0 Å². The summed E-state index contributed by atoms with van der Waals surface area (Å²) < 4.78 is 9.78. The molecule has 0 aliphatic carbocycles. The first kappa shape index (κ1) is 16.0. The van der Waals surface area contributed by atoms with E-state index in [-0.39, 0.29) is 25.0 Å². The molecule has 6 nitrogen and oxygen atoms in total. The van der Waals surface area contributed by atoms with Crippen molar-refractivity contribution >= 4 is 17.6 Å². The van der Waals surface area contributed by atoms with E-state index in [0.29, 0.717) is 12.3 Å². The fraction of sp³-hybridized carbons (Fsp3) is 0.429. The number of benzene rings is 1. The smallest absolute Gasteiger partial charge is 0.310 e. The summed E-state index contributed by atoms with van der Waals surface area (Å²) in [5.74, 6) is -0.801. The molecule has 0 spiro atoms. The summed E-state index contributed by atoms with van der Waals surface area (Å²) >= 11 is 0. The Morgan fingerprint density at radius 2 is 1.95 bits per heavy atom. The summed E-state index contributed by atoms with van der Waals surface area (Å²) in [6.45, 7) is 1.92. The van der Waals surface area contributed by atoms with Crippen molar-refractivity contribution in [1.82, 2.24) is 5.32 Å². The second-order valence-electron chi connectivity index (χ2n) is 4.50. The average Bonchev–Trinajstić information content (AvgIpc) is 2.39. The zero-order chi connectivity index (χ0) is 15.0. The third-order valence-corrected chi connectivity index (χ3v) is 2.52. The van der Waals surface area contributed by atoms with Crippen molar-refractivity contribution in [3.63, 3.8) is 0 Å². The first-order valence-electron chi connectivity index (χ1n) is 6.29. The van der Waals surface area contributed by atoms with Crippen LogP contribution in [0, 0.1) is 0 Å². The summed E-state index contributed by atoms with van der Waals surface area (Å²) in [5.41, 5.74) is 6.97. The van der Waals surface area contributed by atoms with E-state index in [1.54, 1.807) is 38.3 Å². The van der Waals surface area contributed by atoms with Gasteiger partial charge in [0.25, 0.3) is 5.91 Å². The van der Waals surface area contributed by atoms with E-state index in [0.717, 1.165) is 5.56 Å². The van der Waals surface area contributed by atoms with Gasteiger partial charge in [-0.05, 0) is 24.6 Å². The number of nitrogens with two attached hydrogens (primary N) is 1. The van der Waals surface area contributed by atoms with E-state index >= 15 is 0 Å². The first-order valence-corrected chi connectivity index (χ1v) is 6.29. The average molecular weight is 280 g/mol. The molecule has 1 aromatic carbocycles. The molecule has 0 aliphatic heterocycles. The van der Waals surface area contributed by atoms with E-state index in [4.69, 9.17) is 15.2 Å². The van der Waals surface area contributed by atoms with Gasteiger partial charge < -0.3 is 20.5 Å². The quantitative estimate of drug-likeness (QED) is 0.561. The second kappa shape index (κ2) is 8.16. The fourth-order valence-corrected chi connectivity index (χ4v) is 1.61. The predicted molar refractivity (Wildman–Crippen MR) is 75.0 cm³/mol. The zero-order valence-electron chi connectivity index (χ0n) is 11.7. The van der Waals surface area contributed by atoms with Crippen molar-refractivity contribution in [1.29, 1.82) is 0 Å². The maximum absolute atomic E-state index is 11.6. The van der Waals surface area contributed by atoms with Gasteiger partial charge in [0.2, 0.25) is 0 Å². The highest BCUT2D eigenvalue weighted by Crippen LogP contribution is 2.06. The molecule has 1 atom stereocenters. The molecule has 0 saturated carbocycles. The van der Waals surface area contributed by atoms with Gasteiger partial charge in [0.05, 0.1) is 13.0 Å². The lowest BCUT2D eigenvalue weighted by Crippen LogP contribution is -2.38. The number of anilines is 1. The van der Waals surface area contributed by atoms with Crippen LogP contribution < -0.4 is 11.1 Å². The van der Waals surface area contributed by atoms with Crippen LogP contribution >= 0.6 is 0 Å². The van der Waals surface area contributed by atoms with Gasteiger partial charge >= 0.3 is 5.97 Å². The number of nitrogens with one attached hydrogen (secondary N) is 1. The van der Waals surface area contributed by atoms with Crippen LogP contribution in [0.25, 0.3) is 0 Å². The summed E-state index contributed by atoms with van der Waals surface area (Å²) in [7, 11) is 1.55. The summed E-state index contributed by atoms with van der Waals surface area (Å²) in [4.78, 5) is 23.0. The number of hydrogen-bond donors (Lipinski definition) is 2. The normalized spacial score (nSPS) is 11.7. The van der Waals surface area contributed by atoms with Gasteiger partial charge in [-0.2, -0.15) is 0 Å².